The van der Waals surface area contributed by atoms with Crippen molar-refractivity contribution in [1.82, 2.24) is 14.6 Å². The number of piperidine rings is 1. The molecule has 32 heavy (non-hydrogen) atoms. The van der Waals surface area contributed by atoms with Crippen molar-refractivity contribution in [2.75, 3.05) is 13.1 Å². The van der Waals surface area contributed by atoms with Gasteiger partial charge < -0.3 is 10.3 Å². The molecule has 4 rings (SSSR count). The number of benzene rings is 2. The van der Waals surface area contributed by atoms with Crippen molar-refractivity contribution in [2.45, 2.75) is 38.1 Å². The number of rotatable bonds is 5. The molecule has 1 saturated heterocycles. The van der Waals surface area contributed by atoms with E-state index in [1.807, 2.05) is 19.1 Å². The van der Waals surface area contributed by atoms with E-state index < -0.39 is 21.7 Å². The number of fused-ring (bicyclic) bond motifs is 1. The molecule has 6 nitrogen and oxygen atoms in total. The minimum atomic E-state index is -3.94. The molecular weight excluding hydrogens is 436 g/mol. The van der Waals surface area contributed by atoms with Gasteiger partial charge in [-0.05, 0) is 68.1 Å². The van der Waals surface area contributed by atoms with Crippen LogP contribution in [0.3, 0.4) is 0 Å². The summed E-state index contributed by atoms with van der Waals surface area (Å²) in [5.74, 6) is -2.72. The highest BCUT2D eigenvalue weighted by Crippen LogP contribution is 2.26. The van der Waals surface area contributed by atoms with Gasteiger partial charge in [0.25, 0.3) is 0 Å². The highest BCUT2D eigenvalue weighted by Gasteiger charge is 2.32. The van der Waals surface area contributed by atoms with Crippen LogP contribution in [0.15, 0.2) is 41.3 Å². The average molecular weight is 462 g/mol. The Kier molecular flexibility index (Phi) is 6.05. The Morgan fingerprint density at radius 1 is 1.09 bits per heavy atom. The van der Waals surface area contributed by atoms with E-state index in [-0.39, 0.29) is 29.8 Å². The number of sulfonamides is 1. The number of nitrogens with one attached hydrogen (secondary N) is 2. The molecule has 1 amide bonds. The first-order chi connectivity index (χ1) is 15.2. The molecule has 0 unspecified atom stereocenters. The molecular formula is C23H25F2N3O3S. The number of aromatic nitrogens is 1. The molecule has 0 spiro atoms. The molecule has 0 saturated carbocycles. The van der Waals surface area contributed by atoms with E-state index in [4.69, 9.17) is 0 Å². The van der Waals surface area contributed by atoms with Crippen molar-refractivity contribution in [3.8, 4) is 0 Å². The van der Waals surface area contributed by atoms with E-state index in [0.717, 1.165) is 34.3 Å². The normalized spacial score (nSPS) is 15.9. The second-order valence-electron chi connectivity index (χ2n) is 8.23. The Bertz CT molecular complexity index is 1280. The second kappa shape index (κ2) is 8.63. The summed E-state index contributed by atoms with van der Waals surface area (Å²) in [5, 5.41) is 4.08. The Hall–Kier alpha value is -2.78. The van der Waals surface area contributed by atoms with Crippen LogP contribution in [0.4, 0.5) is 8.78 Å². The summed E-state index contributed by atoms with van der Waals surface area (Å²) in [4.78, 5) is 15.7. The monoisotopic (exact) mass is 461 g/mol. The predicted octanol–water partition coefficient (Wildman–Crippen LogP) is 3.78. The van der Waals surface area contributed by atoms with E-state index in [1.54, 1.807) is 0 Å². The van der Waals surface area contributed by atoms with Gasteiger partial charge in [0.2, 0.25) is 15.9 Å². The number of aryl methyl sites for hydroxylation is 2. The van der Waals surface area contributed by atoms with Gasteiger partial charge in [0.05, 0.1) is 4.90 Å². The third-order valence-corrected chi connectivity index (χ3v) is 8.09. The third kappa shape index (κ3) is 4.27. The van der Waals surface area contributed by atoms with Gasteiger partial charge in [0, 0.05) is 42.1 Å². The molecule has 2 N–H and O–H groups in total. The summed E-state index contributed by atoms with van der Waals surface area (Å²) in [7, 11) is -3.94. The van der Waals surface area contributed by atoms with Gasteiger partial charge in [-0.25, -0.2) is 17.2 Å². The Morgan fingerprint density at radius 3 is 2.50 bits per heavy atom. The molecule has 9 heteroatoms. The molecule has 1 fully saturated rings. The lowest BCUT2D eigenvalue weighted by atomic mass is 9.97. The quantitative estimate of drug-likeness (QED) is 0.607. The van der Waals surface area contributed by atoms with Crippen LogP contribution in [-0.2, 0) is 21.4 Å². The summed E-state index contributed by atoms with van der Waals surface area (Å²) in [5.41, 5.74) is 4.35. The highest BCUT2D eigenvalue weighted by atomic mass is 32.2. The Balaban J connectivity index is 1.35. The summed E-state index contributed by atoms with van der Waals surface area (Å²) in [6, 6.07) is 8.57. The number of nitrogens with zero attached hydrogens (tertiary/aromatic N) is 1. The van der Waals surface area contributed by atoms with Gasteiger partial charge in [0.1, 0.15) is 0 Å². The predicted molar refractivity (Wildman–Crippen MR) is 117 cm³/mol. The minimum absolute atomic E-state index is 0.114. The standard InChI is InChI=1S/C23H25F2N3O3S/c1-14-15(2)27-22-6-3-16(11-19(14)22)13-26-23(29)17-7-9-28(10-8-17)32(30,31)18-4-5-20(24)21(25)12-18/h3-6,11-12,17,27H,7-10,13H2,1-2H3,(H,26,29). The zero-order chi connectivity index (χ0) is 23.0. The molecule has 0 bridgehead atoms. The molecule has 1 aliphatic rings. The van der Waals surface area contributed by atoms with Crippen LogP contribution in [-0.4, -0.2) is 36.7 Å². The Morgan fingerprint density at radius 2 is 1.81 bits per heavy atom. The first-order valence-corrected chi connectivity index (χ1v) is 11.9. The lowest BCUT2D eigenvalue weighted by Gasteiger charge is -2.30. The molecule has 2 heterocycles. The molecule has 0 atom stereocenters. The first-order valence-electron chi connectivity index (χ1n) is 10.5. The highest BCUT2D eigenvalue weighted by molar-refractivity contribution is 7.89. The van der Waals surface area contributed by atoms with Crippen molar-refractivity contribution < 1.29 is 22.0 Å². The second-order valence-corrected chi connectivity index (χ2v) is 10.2. The molecule has 1 aromatic heterocycles. The fourth-order valence-corrected chi connectivity index (χ4v) is 5.58. The third-order valence-electron chi connectivity index (χ3n) is 6.19. The van der Waals surface area contributed by atoms with E-state index >= 15 is 0 Å². The van der Waals surface area contributed by atoms with Crippen molar-refractivity contribution in [3.63, 3.8) is 0 Å². The molecule has 170 valence electrons. The van der Waals surface area contributed by atoms with Crippen molar-refractivity contribution in [1.29, 1.82) is 0 Å². The lowest BCUT2D eigenvalue weighted by molar-refractivity contribution is -0.126. The number of H-pyrrole nitrogens is 1. The van der Waals surface area contributed by atoms with Crippen LogP contribution < -0.4 is 5.32 Å². The number of hydrogen-bond acceptors (Lipinski definition) is 3. The van der Waals surface area contributed by atoms with Crippen LogP contribution in [0.1, 0.15) is 29.7 Å². The zero-order valence-electron chi connectivity index (χ0n) is 17.9. The maximum atomic E-state index is 13.5. The van der Waals surface area contributed by atoms with E-state index in [1.165, 1.54) is 9.87 Å². The van der Waals surface area contributed by atoms with Crippen LogP contribution in [0, 0.1) is 31.4 Å². The smallest absolute Gasteiger partial charge is 0.243 e. The van der Waals surface area contributed by atoms with Crippen LogP contribution in [0.5, 0.6) is 0 Å². The molecule has 1 aliphatic heterocycles. The summed E-state index contributed by atoms with van der Waals surface area (Å²) >= 11 is 0. The van der Waals surface area contributed by atoms with Crippen molar-refractivity contribution >= 4 is 26.8 Å². The number of hydrogen-bond donors (Lipinski definition) is 2. The van der Waals surface area contributed by atoms with Gasteiger partial charge in [-0.1, -0.05) is 6.07 Å². The van der Waals surface area contributed by atoms with E-state index in [0.29, 0.717) is 25.5 Å². The number of amides is 1. The lowest BCUT2D eigenvalue weighted by Crippen LogP contribution is -2.42. The fourth-order valence-electron chi connectivity index (χ4n) is 4.10. The summed E-state index contributed by atoms with van der Waals surface area (Å²) in [6.07, 6.45) is 0.730. The van der Waals surface area contributed by atoms with Crippen LogP contribution in [0.25, 0.3) is 10.9 Å². The number of aromatic amines is 1. The number of halogens is 2. The SMILES string of the molecule is Cc1[nH]c2ccc(CNC(=O)C3CCN(S(=O)(=O)c4ccc(F)c(F)c4)CC3)cc2c1C. The fraction of sp³-hybridized carbons (Fsp3) is 0.348. The molecule has 0 aliphatic carbocycles. The average Bonchev–Trinajstić information content (AvgIpc) is 3.07. The Labute approximate surface area is 185 Å². The van der Waals surface area contributed by atoms with Gasteiger partial charge >= 0.3 is 0 Å². The van der Waals surface area contributed by atoms with Crippen molar-refractivity contribution in [3.05, 3.63) is 64.9 Å². The summed E-state index contributed by atoms with van der Waals surface area (Å²) in [6.45, 7) is 4.76. The van der Waals surface area contributed by atoms with E-state index in [2.05, 4.69) is 23.3 Å². The maximum Gasteiger partial charge on any atom is 0.243 e. The minimum Gasteiger partial charge on any atom is -0.358 e. The molecule has 3 aromatic rings. The topological polar surface area (TPSA) is 82.3 Å². The van der Waals surface area contributed by atoms with Gasteiger partial charge in [0.15, 0.2) is 11.6 Å². The molecule has 0 radical (unpaired) electrons. The maximum absolute atomic E-state index is 13.5. The number of carbonyl (C=O) groups excluding carboxylic acids is 1. The largest absolute Gasteiger partial charge is 0.358 e. The zero-order valence-corrected chi connectivity index (χ0v) is 18.7. The number of carbonyl (C=O) groups is 1. The summed E-state index contributed by atoms with van der Waals surface area (Å²) < 4.78 is 53.2. The molecule has 2 aromatic carbocycles. The van der Waals surface area contributed by atoms with Gasteiger partial charge in [-0.15, -0.1) is 0 Å². The van der Waals surface area contributed by atoms with Gasteiger partial charge in [-0.3, -0.25) is 4.79 Å². The van der Waals surface area contributed by atoms with Crippen LogP contribution >= 0.6 is 0 Å². The first kappa shape index (κ1) is 22.4. The van der Waals surface area contributed by atoms with E-state index in [9.17, 15) is 22.0 Å². The van der Waals surface area contributed by atoms with Crippen LogP contribution in [0.2, 0.25) is 0 Å². The van der Waals surface area contributed by atoms with Crippen molar-refractivity contribution in [2.24, 2.45) is 5.92 Å². The van der Waals surface area contributed by atoms with Gasteiger partial charge in [-0.2, -0.15) is 4.31 Å².